The van der Waals surface area contributed by atoms with Crippen molar-refractivity contribution in [1.82, 2.24) is 0 Å². The van der Waals surface area contributed by atoms with E-state index in [1.165, 1.54) is 5.56 Å². The van der Waals surface area contributed by atoms with Crippen molar-refractivity contribution in [2.24, 2.45) is 0 Å². The summed E-state index contributed by atoms with van der Waals surface area (Å²) < 4.78 is 25.5. The van der Waals surface area contributed by atoms with Gasteiger partial charge in [0.25, 0.3) is 0 Å². The second-order valence-electron chi connectivity index (χ2n) is 10.7. The van der Waals surface area contributed by atoms with Crippen molar-refractivity contribution >= 4 is 0 Å². The van der Waals surface area contributed by atoms with Crippen LogP contribution in [0.3, 0.4) is 0 Å². The molecule has 41 heavy (non-hydrogen) atoms. The molecule has 0 bridgehead atoms. The summed E-state index contributed by atoms with van der Waals surface area (Å²) in [5, 5.41) is 11.5. The Morgan fingerprint density at radius 3 is 1.59 bits per heavy atom. The maximum atomic E-state index is 11.5. The lowest BCUT2D eigenvalue weighted by molar-refractivity contribution is -0.190. The Kier molecular flexibility index (Phi) is 11.1. The quantitative estimate of drug-likeness (QED) is 0.193. The number of hydrogen-bond donors (Lipinski definition) is 1. The first kappa shape index (κ1) is 29.2. The highest BCUT2D eigenvalue weighted by molar-refractivity contribution is 5.17. The van der Waals surface area contributed by atoms with E-state index in [2.05, 4.69) is 36.4 Å². The fourth-order valence-electron chi connectivity index (χ4n) is 5.29. The van der Waals surface area contributed by atoms with Gasteiger partial charge in [-0.25, -0.2) is 0 Å². The third-order valence-electron chi connectivity index (χ3n) is 7.48. The van der Waals surface area contributed by atoms with E-state index in [1.54, 1.807) is 0 Å². The number of aliphatic hydroxyl groups is 1. The lowest BCUT2D eigenvalue weighted by atomic mass is 9.89. The highest BCUT2D eigenvalue weighted by Crippen LogP contribution is 2.30. The van der Waals surface area contributed by atoms with Crippen molar-refractivity contribution in [3.63, 3.8) is 0 Å². The Labute approximate surface area is 243 Å². The minimum atomic E-state index is -0.775. The third kappa shape index (κ3) is 9.35. The van der Waals surface area contributed by atoms with Gasteiger partial charge in [-0.1, -0.05) is 121 Å². The third-order valence-corrected chi connectivity index (χ3v) is 7.48. The molecule has 1 saturated carbocycles. The van der Waals surface area contributed by atoms with Crippen LogP contribution in [0.25, 0.3) is 0 Å². The second kappa shape index (κ2) is 15.6. The SMILES string of the molecule is O[C@@H]1[C@H](OCc2ccccc2)C[C@@H](OCc2ccccc2)C[C@H]1O[C@@H](COCc1ccccc1)Cc1ccccc1. The Hall–Kier alpha value is -3.32. The van der Waals surface area contributed by atoms with Crippen molar-refractivity contribution in [1.29, 1.82) is 0 Å². The van der Waals surface area contributed by atoms with Crippen LogP contribution in [0, 0.1) is 0 Å². The summed E-state index contributed by atoms with van der Waals surface area (Å²) in [5.41, 5.74) is 4.47. The van der Waals surface area contributed by atoms with Crippen LogP contribution in [-0.4, -0.2) is 42.2 Å². The van der Waals surface area contributed by atoms with Crippen LogP contribution >= 0.6 is 0 Å². The molecule has 0 aliphatic heterocycles. The number of rotatable bonds is 14. The van der Waals surface area contributed by atoms with Crippen molar-refractivity contribution in [2.75, 3.05) is 6.61 Å². The summed E-state index contributed by atoms with van der Waals surface area (Å²) in [7, 11) is 0. The first-order valence-corrected chi connectivity index (χ1v) is 14.5. The zero-order valence-electron chi connectivity index (χ0n) is 23.5. The minimum Gasteiger partial charge on any atom is -0.388 e. The van der Waals surface area contributed by atoms with Gasteiger partial charge in [-0.05, 0) is 22.3 Å². The molecule has 1 aliphatic rings. The van der Waals surface area contributed by atoms with Gasteiger partial charge in [0.15, 0.2) is 0 Å². The van der Waals surface area contributed by atoms with Crippen LogP contribution in [0.15, 0.2) is 121 Å². The molecule has 0 aromatic heterocycles. The fourth-order valence-corrected chi connectivity index (χ4v) is 5.29. The molecule has 0 amide bonds. The standard InChI is InChI=1S/C36H40O5/c37-36-34(40-26-31-19-11-4-12-20-31)22-32(39-25-30-17-9-3-10-18-30)23-35(36)41-33(21-28-13-5-1-6-14-28)27-38-24-29-15-7-2-8-16-29/h1-20,32-37H,21-27H2/t32-,33-,34-,35-,36-/m1/s1. The molecule has 0 spiro atoms. The molecule has 5 atom stereocenters. The number of aliphatic hydroxyl groups excluding tert-OH is 1. The Bertz CT molecular complexity index is 1250. The molecule has 0 unspecified atom stereocenters. The highest BCUT2D eigenvalue weighted by Gasteiger charge is 2.40. The Morgan fingerprint density at radius 1 is 0.561 bits per heavy atom. The van der Waals surface area contributed by atoms with Gasteiger partial charge in [0.2, 0.25) is 0 Å². The molecule has 5 heteroatoms. The van der Waals surface area contributed by atoms with Crippen LogP contribution in [-0.2, 0) is 45.2 Å². The van der Waals surface area contributed by atoms with E-state index in [1.807, 2.05) is 84.9 Å². The van der Waals surface area contributed by atoms with E-state index in [0.717, 1.165) is 16.7 Å². The van der Waals surface area contributed by atoms with Crippen molar-refractivity contribution in [2.45, 2.75) is 69.6 Å². The summed E-state index contributed by atoms with van der Waals surface area (Å²) in [6.07, 6.45) is -0.0865. The average Bonchev–Trinajstić information content (AvgIpc) is 3.02. The van der Waals surface area contributed by atoms with E-state index in [4.69, 9.17) is 18.9 Å². The van der Waals surface area contributed by atoms with Crippen LogP contribution in [0.4, 0.5) is 0 Å². The van der Waals surface area contributed by atoms with Gasteiger partial charge >= 0.3 is 0 Å². The number of ether oxygens (including phenoxy) is 4. The summed E-state index contributed by atoms with van der Waals surface area (Å²) in [6, 6.07) is 40.6. The fraction of sp³-hybridized carbons (Fsp3) is 0.333. The maximum absolute atomic E-state index is 11.5. The second-order valence-corrected chi connectivity index (χ2v) is 10.7. The van der Waals surface area contributed by atoms with Crippen LogP contribution in [0.5, 0.6) is 0 Å². The molecular formula is C36H40O5. The topological polar surface area (TPSA) is 57.2 Å². The van der Waals surface area contributed by atoms with E-state index in [-0.39, 0.29) is 12.2 Å². The van der Waals surface area contributed by atoms with Gasteiger partial charge in [0.1, 0.15) is 6.10 Å². The zero-order chi connectivity index (χ0) is 28.1. The van der Waals surface area contributed by atoms with Gasteiger partial charge in [-0.15, -0.1) is 0 Å². The summed E-state index contributed by atoms with van der Waals surface area (Å²) in [5.74, 6) is 0. The summed E-state index contributed by atoms with van der Waals surface area (Å²) in [4.78, 5) is 0. The van der Waals surface area contributed by atoms with Gasteiger partial charge in [-0.2, -0.15) is 0 Å². The van der Waals surface area contributed by atoms with Crippen LogP contribution in [0.2, 0.25) is 0 Å². The predicted molar refractivity (Wildman–Crippen MR) is 160 cm³/mol. The molecule has 0 heterocycles. The molecule has 5 rings (SSSR count). The van der Waals surface area contributed by atoms with Gasteiger partial charge in [0.05, 0.1) is 50.8 Å². The molecule has 214 valence electrons. The van der Waals surface area contributed by atoms with Crippen molar-refractivity contribution in [3.05, 3.63) is 144 Å². The number of hydrogen-bond acceptors (Lipinski definition) is 5. The molecule has 4 aromatic rings. The van der Waals surface area contributed by atoms with E-state index in [9.17, 15) is 5.11 Å². The molecule has 1 fully saturated rings. The predicted octanol–water partition coefficient (Wildman–Crippen LogP) is 6.53. The average molecular weight is 553 g/mol. The van der Waals surface area contributed by atoms with Gasteiger partial charge in [0, 0.05) is 19.3 Å². The van der Waals surface area contributed by atoms with Gasteiger partial charge < -0.3 is 24.1 Å². The van der Waals surface area contributed by atoms with Crippen molar-refractivity contribution < 1.29 is 24.1 Å². The van der Waals surface area contributed by atoms with E-state index < -0.39 is 18.3 Å². The highest BCUT2D eigenvalue weighted by atomic mass is 16.6. The minimum absolute atomic E-state index is 0.105. The number of benzene rings is 4. The van der Waals surface area contributed by atoms with Crippen LogP contribution in [0.1, 0.15) is 35.1 Å². The van der Waals surface area contributed by atoms with Crippen molar-refractivity contribution in [3.8, 4) is 0 Å². The molecule has 5 nitrogen and oxygen atoms in total. The molecular weight excluding hydrogens is 512 g/mol. The van der Waals surface area contributed by atoms with E-state index >= 15 is 0 Å². The molecule has 4 aromatic carbocycles. The molecule has 0 saturated heterocycles. The smallest absolute Gasteiger partial charge is 0.106 e. The van der Waals surface area contributed by atoms with E-state index in [0.29, 0.717) is 45.7 Å². The van der Waals surface area contributed by atoms with Gasteiger partial charge in [-0.3, -0.25) is 0 Å². The Balaban J connectivity index is 1.27. The lowest BCUT2D eigenvalue weighted by Crippen LogP contribution is -2.51. The normalized spacial score (nSPS) is 21.4. The molecule has 1 N–H and O–H groups in total. The monoisotopic (exact) mass is 552 g/mol. The Morgan fingerprint density at radius 2 is 1.02 bits per heavy atom. The summed E-state index contributed by atoms with van der Waals surface area (Å²) >= 11 is 0. The first-order chi connectivity index (χ1) is 20.2. The maximum Gasteiger partial charge on any atom is 0.106 e. The molecule has 1 aliphatic carbocycles. The lowest BCUT2D eigenvalue weighted by Gasteiger charge is -2.40. The zero-order valence-corrected chi connectivity index (χ0v) is 23.5. The largest absolute Gasteiger partial charge is 0.388 e. The summed E-state index contributed by atoms with van der Waals surface area (Å²) in [6.45, 7) is 1.86. The first-order valence-electron chi connectivity index (χ1n) is 14.5. The van der Waals surface area contributed by atoms with Crippen LogP contribution < -0.4 is 0 Å². The molecule has 0 radical (unpaired) electrons.